The molecule has 0 aliphatic heterocycles. The van der Waals surface area contributed by atoms with Gasteiger partial charge in [-0.15, -0.1) is 0 Å². The van der Waals surface area contributed by atoms with Gasteiger partial charge >= 0.3 is 0 Å². The van der Waals surface area contributed by atoms with E-state index in [1.807, 2.05) is 24.3 Å². The summed E-state index contributed by atoms with van der Waals surface area (Å²) in [5.74, 6) is 0. The Bertz CT molecular complexity index is 736. The average Bonchev–Trinajstić information content (AvgIpc) is 2.83. The molecule has 2 nitrogen and oxygen atoms in total. The van der Waals surface area contributed by atoms with Gasteiger partial charge in [0.25, 0.3) is 0 Å². The summed E-state index contributed by atoms with van der Waals surface area (Å²) in [5.41, 5.74) is 2.21. The van der Waals surface area contributed by atoms with Crippen LogP contribution >= 0.6 is 27.5 Å². The fourth-order valence-electron chi connectivity index (χ4n) is 2.27. The molecule has 0 saturated carbocycles. The van der Waals surface area contributed by atoms with Crippen molar-refractivity contribution in [2.75, 3.05) is 11.9 Å². The van der Waals surface area contributed by atoms with Gasteiger partial charge in [0.2, 0.25) is 0 Å². The number of benzene rings is 2. The topological polar surface area (TPSA) is 17.0 Å². The third-order valence-electron chi connectivity index (χ3n) is 3.28. The normalized spacial score (nSPS) is 10.9. The van der Waals surface area contributed by atoms with Crippen molar-refractivity contribution in [3.63, 3.8) is 0 Å². The number of nitrogens with zero attached hydrogens (tertiary/aromatic N) is 1. The van der Waals surface area contributed by atoms with Gasteiger partial charge in [-0.1, -0.05) is 45.7 Å². The molecule has 0 aliphatic rings. The van der Waals surface area contributed by atoms with Crippen LogP contribution in [0.15, 0.2) is 59.2 Å². The van der Waals surface area contributed by atoms with Gasteiger partial charge in [-0.25, -0.2) is 0 Å². The summed E-state index contributed by atoms with van der Waals surface area (Å²) < 4.78 is 3.34. The lowest BCUT2D eigenvalue weighted by Crippen LogP contribution is -2.09. The summed E-state index contributed by atoms with van der Waals surface area (Å²) in [6.45, 7) is 1.73. The number of nitrogens with one attached hydrogen (secondary N) is 1. The van der Waals surface area contributed by atoms with Crippen molar-refractivity contribution in [3.05, 3.63) is 64.2 Å². The first kappa shape index (κ1) is 13.5. The van der Waals surface area contributed by atoms with Crippen molar-refractivity contribution < 1.29 is 0 Å². The fraction of sp³-hybridized carbons (Fsp3) is 0.125. The average molecular weight is 350 g/mol. The Hall–Kier alpha value is -1.45. The van der Waals surface area contributed by atoms with Crippen molar-refractivity contribution in [2.45, 2.75) is 6.54 Å². The van der Waals surface area contributed by atoms with Gasteiger partial charge in [0.15, 0.2) is 0 Å². The maximum Gasteiger partial charge on any atom is 0.0637 e. The zero-order valence-electron chi connectivity index (χ0n) is 10.8. The van der Waals surface area contributed by atoms with Gasteiger partial charge in [0.05, 0.1) is 10.7 Å². The fourth-order valence-corrected chi connectivity index (χ4v) is 2.82. The molecule has 0 fully saturated rings. The van der Waals surface area contributed by atoms with Crippen LogP contribution in [0.5, 0.6) is 0 Å². The second-order valence-electron chi connectivity index (χ2n) is 4.62. The number of anilines is 1. The Morgan fingerprint density at radius 1 is 1.10 bits per heavy atom. The number of rotatable bonds is 4. The monoisotopic (exact) mass is 348 g/mol. The van der Waals surface area contributed by atoms with Crippen LogP contribution in [0.25, 0.3) is 10.9 Å². The zero-order valence-corrected chi connectivity index (χ0v) is 13.2. The number of para-hydroxylation sites is 1. The molecular formula is C16H14BrClN2. The van der Waals surface area contributed by atoms with Crippen LogP contribution in [0.3, 0.4) is 0 Å². The SMILES string of the molecule is Clc1ccccc1NCCn1ccc2ccc(Br)cc21. The van der Waals surface area contributed by atoms with Crippen LogP contribution in [-0.2, 0) is 6.54 Å². The largest absolute Gasteiger partial charge is 0.382 e. The Morgan fingerprint density at radius 2 is 1.95 bits per heavy atom. The first-order valence-electron chi connectivity index (χ1n) is 6.47. The van der Waals surface area contributed by atoms with Gasteiger partial charge in [-0.2, -0.15) is 0 Å². The first-order valence-corrected chi connectivity index (χ1v) is 7.64. The highest BCUT2D eigenvalue weighted by Crippen LogP contribution is 2.22. The highest BCUT2D eigenvalue weighted by atomic mass is 79.9. The summed E-state index contributed by atoms with van der Waals surface area (Å²) in [6, 6.07) is 16.3. The van der Waals surface area contributed by atoms with E-state index in [1.54, 1.807) is 0 Å². The van der Waals surface area contributed by atoms with Crippen molar-refractivity contribution in [1.82, 2.24) is 4.57 Å². The van der Waals surface area contributed by atoms with Crippen LogP contribution < -0.4 is 5.32 Å². The minimum atomic E-state index is 0.757. The molecule has 1 aromatic heterocycles. The summed E-state index contributed by atoms with van der Waals surface area (Å²) in [5, 5.41) is 5.38. The van der Waals surface area contributed by atoms with E-state index in [9.17, 15) is 0 Å². The molecule has 0 saturated heterocycles. The third kappa shape index (κ3) is 2.84. The van der Waals surface area contributed by atoms with Crippen LogP contribution in [-0.4, -0.2) is 11.1 Å². The summed E-state index contributed by atoms with van der Waals surface area (Å²) >= 11 is 9.64. The number of halogens is 2. The van der Waals surface area contributed by atoms with E-state index in [0.717, 1.165) is 28.3 Å². The number of aromatic nitrogens is 1. The third-order valence-corrected chi connectivity index (χ3v) is 4.10. The molecule has 0 aliphatic carbocycles. The van der Waals surface area contributed by atoms with E-state index < -0.39 is 0 Å². The molecule has 3 rings (SSSR count). The van der Waals surface area contributed by atoms with Crippen molar-refractivity contribution >= 4 is 44.1 Å². The van der Waals surface area contributed by atoms with Crippen molar-refractivity contribution in [2.24, 2.45) is 0 Å². The van der Waals surface area contributed by atoms with Crippen LogP contribution in [0.4, 0.5) is 5.69 Å². The first-order chi connectivity index (χ1) is 9.74. The molecule has 20 heavy (non-hydrogen) atoms. The number of hydrogen-bond donors (Lipinski definition) is 1. The highest BCUT2D eigenvalue weighted by Gasteiger charge is 2.02. The second-order valence-corrected chi connectivity index (χ2v) is 5.94. The second kappa shape index (κ2) is 5.90. The van der Waals surface area contributed by atoms with Crippen LogP contribution in [0, 0.1) is 0 Å². The van der Waals surface area contributed by atoms with Crippen LogP contribution in [0.1, 0.15) is 0 Å². The zero-order chi connectivity index (χ0) is 13.9. The smallest absolute Gasteiger partial charge is 0.0637 e. The summed E-state index contributed by atoms with van der Waals surface area (Å²) in [6.07, 6.45) is 2.12. The van der Waals surface area contributed by atoms with Gasteiger partial charge < -0.3 is 9.88 Å². The molecule has 0 spiro atoms. The van der Waals surface area contributed by atoms with Gasteiger partial charge in [-0.3, -0.25) is 0 Å². The lowest BCUT2D eigenvalue weighted by molar-refractivity contribution is 0.757. The molecule has 2 aromatic carbocycles. The van der Waals surface area contributed by atoms with E-state index in [1.165, 1.54) is 10.9 Å². The van der Waals surface area contributed by atoms with E-state index in [0.29, 0.717) is 0 Å². The van der Waals surface area contributed by atoms with E-state index >= 15 is 0 Å². The summed E-state index contributed by atoms with van der Waals surface area (Å²) in [7, 11) is 0. The summed E-state index contributed by atoms with van der Waals surface area (Å²) in [4.78, 5) is 0. The van der Waals surface area contributed by atoms with E-state index in [-0.39, 0.29) is 0 Å². The Kier molecular flexibility index (Phi) is 3.99. The predicted molar refractivity (Wildman–Crippen MR) is 89.6 cm³/mol. The molecule has 1 N–H and O–H groups in total. The Morgan fingerprint density at radius 3 is 2.80 bits per heavy atom. The van der Waals surface area contributed by atoms with Gasteiger partial charge in [0.1, 0.15) is 0 Å². The molecule has 0 unspecified atom stereocenters. The van der Waals surface area contributed by atoms with Crippen LogP contribution in [0.2, 0.25) is 5.02 Å². The molecule has 1 heterocycles. The van der Waals surface area contributed by atoms with Crippen molar-refractivity contribution in [3.8, 4) is 0 Å². The molecule has 0 radical (unpaired) electrons. The highest BCUT2D eigenvalue weighted by molar-refractivity contribution is 9.10. The number of hydrogen-bond acceptors (Lipinski definition) is 1. The lowest BCUT2D eigenvalue weighted by atomic mass is 10.2. The van der Waals surface area contributed by atoms with Gasteiger partial charge in [-0.05, 0) is 35.7 Å². The lowest BCUT2D eigenvalue weighted by Gasteiger charge is -2.10. The van der Waals surface area contributed by atoms with E-state index in [4.69, 9.17) is 11.6 Å². The Labute approximate surface area is 131 Å². The predicted octanol–water partition coefficient (Wildman–Crippen LogP) is 5.17. The van der Waals surface area contributed by atoms with Gasteiger partial charge in [0, 0.05) is 29.3 Å². The maximum atomic E-state index is 6.13. The quantitative estimate of drug-likeness (QED) is 0.687. The molecular weight excluding hydrogens is 336 g/mol. The standard InChI is InChI=1S/C16H14BrClN2/c17-13-6-5-12-7-9-20(16(12)11-13)10-8-19-15-4-2-1-3-14(15)18/h1-7,9,11,19H,8,10H2. The molecule has 0 atom stereocenters. The van der Waals surface area contributed by atoms with Crippen molar-refractivity contribution in [1.29, 1.82) is 0 Å². The maximum absolute atomic E-state index is 6.13. The van der Waals surface area contributed by atoms with E-state index in [2.05, 4.69) is 56.3 Å². The minimum absolute atomic E-state index is 0.757. The molecule has 3 aromatic rings. The number of fused-ring (bicyclic) bond motifs is 1. The minimum Gasteiger partial charge on any atom is -0.382 e. The molecule has 102 valence electrons. The molecule has 0 bridgehead atoms. The Balaban J connectivity index is 1.71. The molecule has 4 heteroatoms. The molecule has 0 amide bonds.